The van der Waals surface area contributed by atoms with E-state index < -0.39 is 12.0 Å². The van der Waals surface area contributed by atoms with Crippen LogP contribution in [0.15, 0.2) is 91.0 Å². The van der Waals surface area contributed by atoms with E-state index in [9.17, 15) is 14.7 Å². The van der Waals surface area contributed by atoms with E-state index in [1.165, 1.54) is 0 Å². The minimum absolute atomic E-state index is 0.0594. The second kappa shape index (κ2) is 11.8. The second-order valence-electron chi connectivity index (χ2n) is 7.93. The van der Waals surface area contributed by atoms with Crippen molar-refractivity contribution in [2.45, 2.75) is 25.9 Å². The molecule has 0 aromatic heterocycles. The highest BCUT2D eigenvalue weighted by Gasteiger charge is 2.33. The first kappa shape index (κ1) is 24.0. The third-order valence-corrected chi connectivity index (χ3v) is 5.53. The molecule has 3 rings (SSSR count). The molecule has 0 aliphatic heterocycles. The monoisotopic (exact) mass is 445 g/mol. The summed E-state index contributed by atoms with van der Waals surface area (Å²) in [6.07, 6.45) is 0.468. The van der Waals surface area contributed by atoms with Crippen molar-refractivity contribution >= 4 is 17.6 Å². The number of rotatable bonds is 11. The number of hydrogen-bond acceptors (Lipinski definition) is 4. The number of carbonyl (C=O) groups excluding carboxylic acids is 1. The molecule has 1 amide bonds. The zero-order valence-corrected chi connectivity index (χ0v) is 19.2. The number of anilines is 1. The van der Waals surface area contributed by atoms with Crippen LogP contribution < -0.4 is 5.01 Å². The Morgan fingerprint density at radius 2 is 1.33 bits per heavy atom. The summed E-state index contributed by atoms with van der Waals surface area (Å²) in [4.78, 5) is 27.3. The number of hydrogen-bond donors (Lipinski definition) is 1. The topological polar surface area (TPSA) is 64.1 Å². The second-order valence-corrected chi connectivity index (χ2v) is 7.93. The predicted octanol–water partition coefficient (Wildman–Crippen LogP) is 4.08. The fourth-order valence-electron chi connectivity index (χ4n) is 3.97. The molecule has 3 aromatic rings. The molecule has 172 valence electrons. The van der Waals surface area contributed by atoms with Crippen molar-refractivity contribution in [2.24, 2.45) is 0 Å². The third kappa shape index (κ3) is 6.67. The van der Waals surface area contributed by atoms with E-state index in [4.69, 9.17) is 0 Å². The maximum absolute atomic E-state index is 13.8. The van der Waals surface area contributed by atoms with Gasteiger partial charge < -0.3 is 10.0 Å². The largest absolute Gasteiger partial charge is 0.480 e. The van der Waals surface area contributed by atoms with Gasteiger partial charge in [0.05, 0.1) is 5.69 Å². The molecule has 0 fully saturated rings. The molecule has 3 aromatic carbocycles. The summed E-state index contributed by atoms with van der Waals surface area (Å²) < 4.78 is 0. The van der Waals surface area contributed by atoms with E-state index >= 15 is 0 Å². The fraction of sp³-hybridized carbons (Fsp3) is 0.259. The molecule has 0 unspecified atom stereocenters. The zero-order chi connectivity index (χ0) is 23.6. The van der Waals surface area contributed by atoms with E-state index in [0.29, 0.717) is 19.5 Å². The van der Waals surface area contributed by atoms with Crippen LogP contribution in [0, 0.1) is 0 Å². The first-order valence-corrected chi connectivity index (χ1v) is 11.1. The number of hydrazine groups is 1. The summed E-state index contributed by atoms with van der Waals surface area (Å²) in [6.45, 7) is 2.66. The van der Waals surface area contributed by atoms with Gasteiger partial charge in [-0.05, 0) is 29.7 Å². The zero-order valence-electron chi connectivity index (χ0n) is 19.2. The number of nitrogens with zero attached hydrogens (tertiary/aromatic N) is 3. The number of likely N-dealkylation sites (N-methyl/N-ethyl adjacent to an activating group) is 2. The molecular formula is C27H31N3O3. The van der Waals surface area contributed by atoms with Crippen molar-refractivity contribution in [2.75, 3.05) is 25.1 Å². The molecule has 33 heavy (non-hydrogen) atoms. The van der Waals surface area contributed by atoms with Gasteiger partial charge in [0.2, 0.25) is 5.91 Å². The van der Waals surface area contributed by atoms with E-state index in [0.717, 1.165) is 16.8 Å². The average Bonchev–Trinajstić information content (AvgIpc) is 2.84. The van der Waals surface area contributed by atoms with Crippen molar-refractivity contribution < 1.29 is 14.7 Å². The van der Waals surface area contributed by atoms with Gasteiger partial charge in [-0.1, -0.05) is 85.8 Å². The van der Waals surface area contributed by atoms with Crippen molar-refractivity contribution in [3.05, 3.63) is 102 Å². The minimum Gasteiger partial charge on any atom is -0.480 e. The summed E-state index contributed by atoms with van der Waals surface area (Å²) in [5.74, 6) is -1.02. The Morgan fingerprint density at radius 1 is 0.818 bits per heavy atom. The van der Waals surface area contributed by atoms with Crippen LogP contribution in [0.2, 0.25) is 0 Å². The number of carboxylic acids is 1. The number of aliphatic carboxylic acids is 1. The highest BCUT2D eigenvalue weighted by Crippen LogP contribution is 2.21. The molecule has 1 atom stereocenters. The van der Waals surface area contributed by atoms with Gasteiger partial charge >= 0.3 is 5.97 Å². The van der Waals surface area contributed by atoms with Crippen LogP contribution >= 0.6 is 0 Å². The smallest absolute Gasteiger partial charge is 0.324 e. The van der Waals surface area contributed by atoms with Gasteiger partial charge in [-0.2, -0.15) is 0 Å². The molecular weight excluding hydrogens is 414 g/mol. The Labute approximate surface area is 195 Å². The van der Waals surface area contributed by atoms with Gasteiger partial charge in [-0.15, -0.1) is 0 Å². The molecule has 1 N–H and O–H groups in total. The van der Waals surface area contributed by atoms with Crippen LogP contribution in [0.1, 0.15) is 18.1 Å². The highest BCUT2D eigenvalue weighted by atomic mass is 16.4. The lowest BCUT2D eigenvalue weighted by molar-refractivity contribution is -0.139. The van der Waals surface area contributed by atoms with Gasteiger partial charge in [0.1, 0.15) is 12.6 Å². The number of benzene rings is 3. The number of carbonyl (C=O) groups is 2. The Bertz CT molecular complexity index is 1010. The van der Waals surface area contributed by atoms with E-state index in [2.05, 4.69) is 0 Å². The Hall–Kier alpha value is -3.64. The predicted molar refractivity (Wildman–Crippen MR) is 131 cm³/mol. The van der Waals surface area contributed by atoms with Crippen LogP contribution in [-0.2, 0) is 22.6 Å². The lowest BCUT2D eigenvalue weighted by atomic mass is 10.0. The van der Waals surface area contributed by atoms with Crippen LogP contribution in [-0.4, -0.2) is 53.1 Å². The maximum atomic E-state index is 13.8. The summed E-state index contributed by atoms with van der Waals surface area (Å²) >= 11 is 0. The molecule has 0 bridgehead atoms. The Balaban J connectivity index is 1.96. The summed E-state index contributed by atoms with van der Waals surface area (Å²) in [5, 5.41) is 13.2. The normalized spacial score (nSPS) is 11.7. The Kier molecular flexibility index (Phi) is 8.61. The van der Waals surface area contributed by atoms with E-state index in [1.54, 1.807) is 17.0 Å². The van der Waals surface area contributed by atoms with Crippen LogP contribution in [0.4, 0.5) is 5.69 Å². The fourth-order valence-corrected chi connectivity index (χ4v) is 3.97. The summed E-state index contributed by atoms with van der Waals surface area (Å²) in [5.41, 5.74) is 2.80. The number of carboxylic acid groups (broad SMARTS) is 1. The number of amides is 1. The molecule has 0 saturated heterocycles. The van der Waals surface area contributed by atoms with Crippen molar-refractivity contribution in [1.29, 1.82) is 0 Å². The van der Waals surface area contributed by atoms with Gasteiger partial charge in [-0.3, -0.25) is 14.6 Å². The molecule has 6 heteroatoms. The first-order valence-electron chi connectivity index (χ1n) is 11.1. The molecule has 6 nitrogen and oxygen atoms in total. The van der Waals surface area contributed by atoms with Gasteiger partial charge in [0, 0.05) is 20.1 Å². The number of para-hydroxylation sites is 1. The lowest BCUT2D eigenvalue weighted by Crippen LogP contribution is -2.57. The standard InChI is InChI=1S/C27H31N3O3/c1-3-29(30(21-26(31)32)24-17-11-6-12-18-24)25(19-22-13-7-4-8-14-22)27(33)28(2)20-23-15-9-5-10-16-23/h4-18,25H,3,19-21H2,1-2H3,(H,31,32)/t25-/m0/s1. The summed E-state index contributed by atoms with van der Waals surface area (Å²) in [6, 6.07) is 28.5. The van der Waals surface area contributed by atoms with E-state index in [1.807, 2.05) is 103 Å². The third-order valence-electron chi connectivity index (χ3n) is 5.53. The van der Waals surface area contributed by atoms with Crippen molar-refractivity contribution in [1.82, 2.24) is 9.91 Å². The van der Waals surface area contributed by atoms with Gasteiger partial charge in [-0.25, -0.2) is 5.01 Å². The van der Waals surface area contributed by atoms with Gasteiger partial charge in [0.15, 0.2) is 0 Å². The SMILES string of the molecule is CCN([C@@H](Cc1ccccc1)C(=O)N(C)Cc1ccccc1)N(CC(=O)O)c1ccccc1. The minimum atomic E-state index is -0.958. The van der Waals surface area contributed by atoms with Crippen molar-refractivity contribution in [3.8, 4) is 0 Å². The molecule has 0 aliphatic rings. The first-order chi connectivity index (χ1) is 16.0. The lowest BCUT2D eigenvalue weighted by Gasteiger charge is -2.41. The van der Waals surface area contributed by atoms with Crippen LogP contribution in [0.5, 0.6) is 0 Å². The molecule has 0 radical (unpaired) electrons. The molecule has 0 heterocycles. The highest BCUT2D eigenvalue weighted by molar-refractivity contribution is 5.83. The quantitative estimate of drug-likeness (QED) is 0.451. The molecule has 0 aliphatic carbocycles. The van der Waals surface area contributed by atoms with Crippen LogP contribution in [0.25, 0.3) is 0 Å². The average molecular weight is 446 g/mol. The molecule has 0 spiro atoms. The van der Waals surface area contributed by atoms with E-state index in [-0.39, 0.29) is 12.5 Å². The van der Waals surface area contributed by atoms with Gasteiger partial charge in [0.25, 0.3) is 0 Å². The van der Waals surface area contributed by atoms with Crippen LogP contribution in [0.3, 0.4) is 0 Å². The summed E-state index contributed by atoms with van der Waals surface area (Å²) in [7, 11) is 1.80. The van der Waals surface area contributed by atoms with Crippen molar-refractivity contribution in [3.63, 3.8) is 0 Å². The Morgan fingerprint density at radius 3 is 1.85 bits per heavy atom. The molecule has 0 saturated carbocycles. The maximum Gasteiger partial charge on any atom is 0.324 e.